The molecule has 1 atom stereocenters. The van der Waals surface area contributed by atoms with E-state index < -0.39 is 0 Å². The van der Waals surface area contributed by atoms with Gasteiger partial charge >= 0.3 is 6.03 Å². The molecular formula is C27H33N3O4. The van der Waals surface area contributed by atoms with E-state index in [-0.39, 0.29) is 18.0 Å². The Labute approximate surface area is 201 Å². The zero-order chi connectivity index (χ0) is 23.5. The molecular weight excluding hydrogens is 430 g/mol. The Morgan fingerprint density at radius 2 is 1.97 bits per heavy atom. The fourth-order valence-corrected chi connectivity index (χ4v) is 5.51. The van der Waals surface area contributed by atoms with Crippen molar-refractivity contribution in [3.63, 3.8) is 0 Å². The summed E-state index contributed by atoms with van der Waals surface area (Å²) in [4.78, 5) is 29.0. The standard InChI is InChI=1S/C27H33N3O4/c1-33-25(19-6-3-2-4-7-19)20-10-11-24-22(16-20)18-29(14-15-34-24)26(31)21-8-5-9-23(17-21)30-13-12-28-27(30)32/h5,8-11,16-17,19,25H,2-4,6-7,12-15,18H2,1H3,(H,28,32). The SMILES string of the molecule is COC(c1ccc2c(c1)CN(C(=O)c1cccc(N3CCNC3=O)c1)CCO2)C1CCCCC1. The second kappa shape index (κ2) is 10.1. The van der Waals surface area contributed by atoms with E-state index >= 15 is 0 Å². The first-order valence-corrected chi connectivity index (χ1v) is 12.4. The molecule has 7 heteroatoms. The highest BCUT2D eigenvalue weighted by atomic mass is 16.5. The number of urea groups is 1. The van der Waals surface area contributed by atoms with Crippen molar-refractivity contribution in [2.75, 3.05) is 38.3 Å². The van der Waals surface area contributed by atoms with Gasteiger partial charge in [0.15, 0.2) is 0 Å². The van der Waals surface area contributed by atoms with Gasteiger partial charge in [0.1, 0.15) is 12.4 Å². The van der Waals surface area contributed by atoms with E-state index in [2.05, 4.69) is 17.4 Å². The summed E-state index contributed by atoms with van der Waals surface area (Å²) in [6.45, 7) is 2.66. The van der Waals surface area contributed by atoms with Crippen LogP contribution in [-0.4, -0.2) is 50.2 Å². The van der Waals surface area contributed by atoms with Crippen LogP contribution in [0.15, 0.2) is 42.5 Å². The lowest BCUT2D eigenvalue weighted by Crippen LogP contribution is -2.33. The molecule has 34 heavy (non-hydrogen) atoms. The second-order valence-corrected chi connectivity index (χ2v) is 9.43. The zero-order valence-corrected chi connectivity index (χ0v) is 19.8. The number of ether oxygens (including phenoxy) is 2. The predicted molar refractivity (Wildman–Crippen MR) is 130 cm³/mol. The number of nitrogens with one attached hydrogen (secondary N) is 1. The van der Waals surface area contributed by atoms with Crippen molar-refractivity contribution in [2.45, 2.75) is 44.8 Å². The average molecular weight is 464 g/mol. The third-order valence-electron chi connectivity index (χ3n) is 7.27. The molecule has 1 aliphatic carbocycles. The van der Waals surface area contributed by atoms with E-state index in [4.69, 9.17) is 9.47 Å². The topological polar surface area (TPSA) is 71.1 Å². The van der Waals surface area contributed by atoms with Crippen LogP contribution in [0.4, 0.5) is 10.5 Å². The molecule has 2 aliphatic heterocycles. The molecule has 1 saturated heterocycles. The Bertz CT molecular complexity index is 1050. The minimum Gasteiger partial charge on any atom is -0.491 e. The summed E-state index contributed by atoms with van der Waals surface area (Å²) in [6.07, 6.45) is 6.30. The molecule has 0 aromatic heterocycles. The first-order valence-electron chi connectivity index (χ1n) is 12.4. The van der Waals surface area contributed by atoms with E-state index in [9.17, 15) is 9.59 Å². The van der Waals surface area contributed by atoms with E-state index in [0.29, 0.717) is 44.3 Å². The molecule has 0 radical (unpaired) electrons. The third kappa shape index (κ3) is 4.62. The Morgan fingerprint density at radius 3 is 2.74 bits per heavy atom. The van der Waals surface area contributed by atoms with Gasteiger partial charge in [-0.15, -0.1) is 0 Å². The van der Waals surface area contributed by atoms with Gasteiger partial charge in [0.25, 0.3) is 5.91 Å². The molecule has 2 heterocycles. The van der Waals surface area contributed by atoms with Gasteiger partial charge < -0.3 is 19.7 Å². The highest BCUT2D eigenvalue weighted by Gasteiger charge is 2.28. The first-order chi connectivity index (χ1) is 16.6. The molecule has 3 amide bonds. The number of carbonyl (C=O) groups is 2. The Hall–Kier alpha value is -3.06. The van der Waals surface area contributed by atoms with Crippen LogP contribution in [0.2, 0.25) is 0 Å². The Balaban J connectivity index is 1.36. The lowest BCUT2D eigenvalue weighted by molar-refractivity contribution is 0.0353. The van der Waals surface area contributed by atoms with Crippen LogP contribution in [0.25, 0.3) is 0 Å². The van der Waals surface area contributed by atoms with Crippen LogP contribution in [0.3, 0.4) is 0 Å². The Kier molecular flexibility index (Phi) is 6.72. The number of amides is 3. The van der Waals surface area contributed by atoms with E-state index in [1.54, 1.807) is 18.1 Å². The van der Waals surface area contributed by atoms with Crippen LogP contribution >= 0.6 is 0 Å². The number of anilines is 1. The van der Waals surface area contributed by atoms with E-state index in [1.807, 2.05) is 29.2 Å². The van der Waals surface area contributed by atoms with Gasteiger partial charge in [-0.2, -0.15) is 0 Å². The number of rotatable bonds is 5. The molecule has 2 aromatic rings. The fourth-order valence-electron chi connectivity index (χ4n) is 5.51. The first kappa shape index (κ1) is 22.7. The van der Waals surface area contributed by atoms with Gasteiger partial charge in [0.05, 0.1) is 12.6 Å². The smallest absolute Gasteiger partial charge is 0.321 e. The van der Waals surface area contributed by atoms with Crippen LogP contribution < -0.4 is 15.0 Å². The van der Waals surface area contributed by atoms with Crippen molar-refractivity contribution in [3.05, 3.63) is 59.2 Å². The summed E-state index contributed by atoms with van der Waals surface area (Å²) < 4.78 is 12.0. The zero-order valence-electron chi connectivity index (χ0n) is 19.8. The third-order valence-corrected chi connectivity index (χ3v) is 7.27. The van der Waals surface area contributed by atoms with Gasteiger partial charge in [-0.25, -0.2) is 4.79 Å². The summed E-state index contributed by atoms with van der Waals surface area (Å²) in [5.41, 5.74) is 3.49. The molecule has 0 bridgehead atoms. The molecule has 0 spiro atoms. The van der Waals surface area contributed by atoms with Crippen molar-refractivity contribution in [1.82, 2.24) is 10.2 Å². The number of fused-ring (bicyclic) bond motifs is 1. The number of nitrogens with zero attached hydrogens (tertiary/aromatic N) is 2. The summed E-state index contributed by atoms with van der Waals surface area (Å²) in [6, 6.07) is 13.5. The number of benzene rings is 2. The largest absolute Gasteiger partial charge is 0.491 e. The lowest BCUT2D eigenvalue weighted by atomic mass is 9.82. The number of hydrogen-bond donors (Lipinski definition) is 1. The number of hydrogen-bond acceptors (Lipinski definition) is 4. The minimum absolute atomic E-state index is 0.0566. The van der Waals surface area contributed by atoms with Crippen LogP contribution in [0.5, 0.6) is 5.75 Å². The van der Waals surface area contributed by atoms with Gasteiger partial charge in [-0.3, -0.25) is 9.69 Å². The molecule has 7 nitrogen and oxygen atoms in total. The molecule has 180 valence electrons. The van der Waals surface area contributed by atoms with Crippen molar-refractivity contribution < 1.29 is 19.1 Å². The molecule has 1 unspecified atom stereocenters. The summed E-state index contributed by atoms with van der Waals surface area (Å²) in [7, 11) is 1.80. The van der Waals surface area contributed by atoms with Crippen LogP contribution in [-0.2, 0) is 11.3 Å². The monoisotopic (exact) mass is 463 g/mol. The van der Waals surface area contributed by atoms with Crippen LogP contribution in [0.1, 0.15) is 59.7 Å². The molecule has 1 N–H and O–H groups in total. The van der Waals surface area contributed by atoms with Crippen molar-refractivity contribution in [2.24, 2.45) is 5.92 Å². The maximum Gasteiger partial charge on any atom is 0.321 e. The maximum absolute atomic E-state index is 13.5. The predicted octanol–water partition coefficient (Wildman–Crippen LogP) is 4.52. The normalized spacial score (nSPS) is 19.7. The van der Waals surface area contributed by atoms with E-state index in [1.165, 1.54) is 32.1 Å². The van der Waals surface area contributed by atoms with E-state index in [0.717, 1.165) is 22.6 Å². The maximum atomic E-state index is 13.5. The van der Waals surface area contributed by atoms with Crippen molar-refractivity contribution in [3.8, 4) is 5.75 Å². The fraction of sp³-hybridized carbons (Fsp3) is 0.481. The van der Waals surface area contributed by atoms with Gasteiger partial charge in [-0.1, -0.05) is 31.4 Å². The molecule has 2 fully saturated rings. The summed E-state index contributed by atoms with van der Waals surface area (Å²) >= 11 is 0. The molecule has 5 rings (SSSR count). The van der Waals surface area contributed by atoms with Crippen LogP contribution in [0, 0.1) is 5.92 Å². The molecule has 3 aliphatic rings. The lowest BCUT2D eigenvalue weighted by Gasteiger charge is -2.30. The number of carbonyl (C=O) groups excluding carboxylic acids is 2. The quantitative estimate of drug-likeness (QED) is 0.708. The summed E-state index contributed by atoms with van der Waals surface area (Å²) in [5, 5.41) is 2.81. The van der Waals surface area contributed by atoms with Crippen molar-refractivity contribution >= 4 is 17.6 Å². The van der Waals surface area contributed by atoms with Crippen molar-refractivity contribution in [1.29, 1.82) is 0 Å². The highest BCUT2D eigenvalue weighted by Crippen LogP contribution is 2.38. The van der Waals surface area contributed by atoms with Gasteiger partial charge in [0.2, 0.25) is 0 Å². The second-order valence-electron chi connectivity index (χ2n) is 9.43. The van der Waals surface area contributed by atoms with Gasteiger partial charge in [0, 0.05) is 43.6 Å². The highest BCUT2D eigenvalue weighted by molar-refractivity contribution is 5.98. The minimum atomic E-state index is -0.125. The Morgan fingerprint density at radius 1 is 1.12 bits per heavy atom. The molecule has 1 saturated carbocycles. The van der Waals surface area contributed by atoms with Gasteiger partial charge in [-0.05, 0) is 54.7 Å². The summed E-state index contributed by atoms with van der Waals surface area (Å²) in [5.74, 6) is 1.31. The number of methoxy groups -OCH3 is 1. The molecule has 2 aromatic carbocycles. The average Bonchev–Trinajstić information content (AvgIpc) is 3.19.